The van der Waals surface area contributed by atoms with Crippen LogP contribution in [-0.4, -0.2) is 27.6 Å². The van der Waals surface area contributed by atoms with E-state index >= 15 is 0 Å². The summed E-state index contributed by atoms with van der Waals surface area (Å²) in [5.41, 5.74) is -0.584. The third-order valence-corrected chi connectivity index (χ3v) is 3.34. The van der Waals surface area contributed by atoms with Gasteiger partial charge in [0.25, 0.3) is 5.69 Å². The van der Waals surface area contributed by atoms with E-state index in [9.17, 15) is 19.7 Å². The molecular formula is C17H17N3O6. The molecule has 0 atom stereocenters. The van der Waals surface area contributed by atoms with Crippen molar-refractivity contribution in [2.45, 2.75) is 19.4 Å². The van der Waals surface area contributed by atoms with Crippen molar-refractivity contribution in [1.82, 2.24) is 0 Å². The lowest BCUT2D eigenvalue weighted by molar-refractivity contribution is -0.384. The number of hydrogen-bond acceptors (Lipinski definition) is 5. The summed E-state index contributed by atoms with van der Waals surface area (Å²) in [7, 11) is 0. The largest absolute Gasteiger partial charge is 0.478 e. The van der Waals surface area contributed by atoms with Crippen molar-refractivity contribution < 1.29 is 24.4 Å². The summed E-state index contributed by atoms with van der Waals surface area (Å²) >= 11 is 0. The molecule has 0 aliphatic heterocycles. The standard InChI is InChI=1S/C17H17N3O6/c1-17(2,15(21)22)26-14-9-5-12(6-10-14)19-16(23)18-11-3-7-13(8-4-11)20(24)25/h3-10H,1-2H3,(H,21,22)(H2,18,19,23). The van der Waals surface area contributed by atoms with E-state index in [0.29, 0.717) is 17.1 Å². The van der Waals surface area contributed by atoms with Crippen LogP contribution in [0.15, 0.2) is 48.5 Å². The van der Waals surface area contributed by atoms with E-state index in [1.165, 1.54) is 50.2 Å². The number of ether oxygens (including phenoxy) is 1. The quantitative estimate of drug-likeness (QED) is 0.534. The summed E-state index contributed by atoms with van der Waals surface area (Å²) < 4.78 is 5.37. The number of nitrogens with one attached hydrogen (secondary N) is 2. The molecule has 0 fully saturated rings. The first-order valence-electron chi connectivity index (χ1n) is 7.52. The van der Waals surface area contributed by atoms with Crippen molar-refractivity contribution in [3.63, 3.8) is 0 Å². The number of carboxylic acid groups (broad SMARTS) is 1. The Hall–Kier alpha value is -3.62. The van der Waals surface area contributed by atoms with Crippen LogP contribution < -0.4 is 15.4 Å². The third-order valence-electron chi connectivity index (χ3n) is 3.34. The fourth-order valence-electron chi connectivity index (χ4n) is 1.90. The molecule has 2 rings (SSSR count). The number of hydrogen-bond donors (Lipinski definition) is 3. The first-order chi connectivity index (χ1) is 12.2. The average molecular weight is 359 g/mol. The van der Waals surface area contributed by atoms with Gasteiger partial charge in [0.2, 0.25) is 0 Å². The zero-order valence-corrected chi connectivity index (χ0v) is 14.1. The zero-order chi connectivity index (χ0) is 19.3. The van der Waals surface area contributed by atoms with Gasteiger partial charge in [-0.05, 0) is 50.2 Å². The fraction of sp³-hybridized carbons (Fsp3) is 0.176. The Bertz CT molecular complexity index is 815. The molecular weight excluding hydrogens is 342 g/mol. The number of amides is 2. The lowest BCUT2D eigenvalue weighted by Gasteiger charge is -2.21. The molecule has 26 heavy (non-hydrogen) atoms. The molecule has 136 valence electrons. The van der Waals surface area contributed by atoms with Crippen molar-refractivity contribution in [3.8, 4) is 5.75 Å². The summed E-state index contributed by atoms with van der Waals surface area (Å²) in [4.78, 5) is 33.0. The third kappa shape index (κ3) is 4.94. The maximum atomic E-state index is 11.9. The first kappa shape index (κ1) is 18.7. The Balaban J connectivity index is 1.95. The Kier molecular flexibility index (Phi) is 5.41. The smallest absolute Gasteiger partial charge is 0.347 e. The van der Waals surface area contributed by atoms with Gasteiger partial charge in [-0.3, -0.25) is 10.1 Å². The highest BCUT2D eigenvalue weighted by atomic mass is 16.6. The predicted molar refractivity (Wildman–Crippen MR) is 94.5 cm³/mol. The van der Waals surface area contributed by atoms with Gasteiger partial charge in [0.05, 0.1) is 4.92 Å². The van der Waals surface area contributed by atoms with E-state index in [2.05, 4.69) is 10.6 Å². The number of anilines is 2. The van der Waals surface area contributed by atoms with E-state index in [1.807, 2.05) is 0 Å². The van der Waals surface area contributed by atoms with Crippen LogP contribution in [0.3, 0.4) is 0 Å². The lowest BCUT2D eigenvalue weighted by Crippen LogP contribution is -2.37. The Labute approximate surface area is 148 Å². The highest BCUT2D eigenvalue weighted by Crippen LogP contribution is 2.21. The minimum atomic E-state index is -1.37. The Morgan fingerprint density at radius 3 is 1.88 bits per heavy atom. The van der Waals surface area contributed by atoms with Gasteiger partial charge in [-0.1, -0.05) is 0 Å². The summed E-state index contributed by atoms with van der Waals surface area (Å²) in [5.74, 6) is -0.749. The summed E-state index contributed by atoms with van der Waals surface area (Å²) in [6, 6.07) is 11.1. The normalized spacial score (nSPS) is 10.7. The topological polar surface area (TPSA) is 131 Å². The number of carbonyl (C=O) groups is 2. The molecule has 0 aliphatic carbocycles. The number of nitro groups is 1. The van der Waals surface area contributed by atoms with Crippen LogP contribution in [0.4, 0.5) is 21.9 Å². The van der Waals surface area contributed by atoms with Crippen molar-refractivity contribution >= 4 is 29.1 Å². The lowest BCUT2D eigenvalue weighted by atomic mass is 10.1. The van der Waals surface area contributed by atoms with Crippen molar-refractivity contribution in [2.24, 2.45) is 0 Å². The van der Waals surface area contributed by atoms with Gasteiger partial charge in [-0.15, -0.1) is 0 Å². The molecule has 0 saturated carbocycles. The Morgan fingerprint density at radius 2 is 1.46 bits per heavy atom. The molecule has 9 heteroatoms. The van der Waals surface area contributed by atoms with E-state index in [1.54, 1.807) is 12.1 Å². The highest BCUT2D eigenvalue weighted by molar-refractivity contribution is 5.99. The molecule has 0 radical (unpaired) electrons. The second-order valence-corrected chi connectivity index (χ2v) is 5.83. The number of non-ortho nitro benzene ring substituents is 1. The molecule has 3 N–H and O–H groups in total. The Morgan fingerprint density at radius 1 is 1.00 bits per heavy atom. The van der Waals surface area contributed by atoms with Gasteiger partial charge < -0.3 is 20.5 Å². The van der Waals surface area contributed by atoms with E-state index < -0.39 is 22.5 Å². The SMILES string of the molecule is CC(C)(Oc1ccc(NC(=O)Nc2ccc([N+](=O)[O-])cc2)cc1)C(=O)O. The molecule has 2 aromatic carbocycles. The van der Waals surface area contributed by atoms with Crippen LogP contribution in [0.25, 0.3) is 0 Å². The molecule has 0 aliphatic rings. The van der Waals surface area contributed by atoms with Crippen LogP contribution in [-0.2, 0) is 4.79 Å². The number of rotatable bonds is 6. The fourth-order valence-corrected chi connectivity index (χ4v) is 1.90. The van der Waals surface area contributed by atoms with E-state index in [4.69, 9.17) is 9.84 Å². The summed E-state index contributed by atoms with van der Waals surface area (Å²) in [5, 5.41) is 24.8. The molecule has 2 amide bonds. The minimum absolute atomic E-state index is 0.0733. The van der Waals surface area contributed by atoms with Crippen LogP contribution in [0, 0.1) is 10.1 Å². The van der Waals surface area contributed by atoms with Gasteiger partial charge in [0.1, 0.15) is 5.75 Å². The van der Waals surface area contributed by atoms with Crippen LogP contribution >= 0.6 is 0 Å². The van der Waals surface area contributed by atoms with Gasteiger partial charge in [-0.25, -0.2) is 9.59 Å². The van der Waals surface area contributed by atoms with Crippen molar-refractivity contribution in [1.29, 1.82) is 0 Å². The molecule has 2 aromatic rings. The molecule has 0 saturated heterocycles. The molecule has 0 heterocycles. The molecule has 0 spiro atoms. The molecule has 0 bridgehead atoms. The van der Waals surface area contributed by atoms with Gasteiger partial charge in [0, 0.05) is 23.5 Å². The summed E-state index contributed by atoms with van der Waals surface area (Å²) in [6.45, 7) is 2.86. The second kappa shape index (κ2) is 7.51. The maximum absolute atomic E-state index is 11.9. The van der Waals surface area contributed by atoms with Crippen molar-refractivity contribution in [2.75, 3.05) is 10.6 Å². The number of urea groups is 1. The minimum Gasteiger partial charge on any atom is -0.478 e. The van der Waals surface area contributed by atoms with Crippen molar-refractivity contribution in [3.05, 3.63) is 58.6 Å². The average Bonchev–Trinajstić information content (AvgIpc) is 2.56. The summed E-state index contributed by atoms with van der Waals surface area (Å²) in [6.07, 6.45) is 0. The predicted octanol–water partition coefficient (Wildman–Crippen LogP) is 3.48. The second-order valence-electron chi connectivity index (χ2n) is 5.83. The number of benzene rings is 2. The van der Waals surface area contributed by atoms with Crippen LogP contribution in [0.2, 0.25) is 0 Å². The number of nitro benzene ring substituents is 1. The zero-order valence-electron chi connectivity index (χ0n) is 14.1. The molecule has 0 unspecified atom stereocenters. The van der Waals surface area contributed by atoms with Gasteiger partial charge >= 0.3 is 12.0 Å². The first-order valence-corrected chi connectivity index (χ1v) is 7.52. The van der Waals surface area contributed by atoms with Crippen LogP contribution in [0.5, 0.6) is 5.75 Å². The maximum Gasteiger partial charge on any atom is 0.347 e. The number of carbonyl (C=O) groups excluding carboxylic acids is 1. The van der Waals surface area contributed by atoms with Crippen LogP contribution in [0.1, 0.15) is 13.8 Å². The number of carboxylic acids is 1. The van der Waals surface area contributed by atoms with E-state index in [0.717, 1.165) is 0 Å². The highest BCUT2D eigenvalue weighted by Gasteiger charge is 2.29. The monoisotopic (exact) mass is 359 g/mol. The number of aliphatic carboxylic acids is 1. The van der Waals surface area contributed by atoms with E-state index in [-0.39, 0.29) is 5.69 Å². The molecule has 0 aromatic heterocycles. The number of nitrogens with zero attached hydrogens (tertiary/aromatic N) is 1. The van der Waals surface area contributed by atoms with Gasteiger partial charge in [-0.2, -0.15) is 0 Å². The molecule has 9 nitrogen and oxygen atoms in total. The van der Waals surface area contributed by atoms with Gasteiger partial charge in [0.15, 0.2) is 5.60 Å².